The van der Waals surface area contributed by atoms with Crippen molar-refractivity contribution in [3.8, 4) is 5.75 Å². The molecule has 1 aliphatic rings. The number of aromatic hydroxyl groups is 1. The molecule has 0 aliphatic heterocycles. The van der Waals surface area contributed by atoms with E-state index in [0.29, 0.717) is 11.4 Å². The molecule has 0 saturated heterocycles. The smallest absolute Gasteiger partial charge is 0.228 e. The molecule has 2 N–H and O–H groups in total. The minimum Gasteiger partial charge on any atom is -0.506 e. The first-order chi connectivity index (χ1) is 11.8. The van der Waals surface area contributed by atoms with E-state index in [1.165, 1.54) is 18.2 Å². The summed E-state index contributed by atoms with van der Waals surface area (Å²) in [5.74, 6) is -0.684. The summed E-state index contributed by atoms with van der Waals surface area (Å²) in [6.07, 6.45) is 0.670. The van der Waals surface area contributed by atoms with Gasteiger partial charge in [-0.25, -0.2) is 8.42 Å². The highest BCUT2D eigenvalue weighted by atomic mass is 35.5. The zero-order valence-electron chi connectivity index (χ0n) is 13.6. The average molecular weight is 380 g/mol. The second kappa shape index (κ2) is 6.69. The molecule has 0 aromatic heterocycles. The van der Waals surface area contributed by atoms with Crippen LogP contribution < -0.4 is 5.32 Å². The minimum atomic E-state index is -3.42. The number of phenolic OH excluding ortho intramolecular Hbond substituents is 1. The quantitative estimate of drug-likeness (QED) is 0.778. The maximum atomic E-state index is 12.4. The molecule has 7 heteroatoms. The molecule has 1 fully saturated rings. The van der Waals surface area contributed by atoms with Gasteiger partial charge in [0.2, 0.25) is 5.91 Å². The van der Waals surface area contributed by atoms with Gasteiger partial charge in [-0.3, -0.25) is 4.79 Å². The lowest BCUT2D eigenvalue weighted by Gasteiger charge is -2.10. The average Bonchev–Trinajstić information content (AvgIpc) is 3.37. The number of anilines is 1. The van der Waals surface area contributed by atoms with Crippen molar-refractivity contribution in [2.75, 3.05) is 11.1 Å². The summed E-state index contributed by atoms with van der Waals surface area (Å²) in [7, 11) is -3.42. The standard InChI is InChI=1S/C18H18ClNO4S/c1-2-25(23,24)11-7-8-17(21)16(9-11)20-18(22)14-10-13(14)12-5-3-4-6-15(12)19/h3-9,13-14,21H,2,10H2,1H3,(H,20,22). The van der Waals surface area contributed by atoms with Crippen molar-refractivity contribution < 1.29 is 18.3 Å². The van der Waals surface area contributed by atoms with E-state index < -0.39 is 9.84 Å². The molecule has 0 bridgehead atoms. The molecular weight excluding hydrogens is 362 g/mol. The van der Waals surface area contributed by atoms with Crippen LogP contribution in [0.3, 0.4) is 0 Å². The molecule has 2 atom stereocenters. The van der Waals surface area contributed by atoms with Crippen molar-refractivity contribution in [3.63, 3.8) is 0 Å². The highest BCUT2D eigenvalue weighted by molar-refractivity contribution is 7.91. The van der Waals surface area contributed by atoms with E-state index in [0.717, 1.165) is 5.56 Å². The van der Waals surface area contributed by atoms with Crippen molar-refractivity contribution >= 4 is 33.0 Å². The van der Waals surface area contributed by atoms with Crippen LogP contribution in [0.15, 0.2) is 47.4 Å². The number of phenols is 1. The molecule has 5 nitrogen and oxygen atoms in total. The molecule has 1 aliphatic carbocycles. The number of hydrogen-bond donors (Lipinski definition) is 2. The summed E-state index contributed by atoms with van der Waals surface area (Å²) >= 11 is 6.16. The Morgan fingerprint density at radius 3 is 2.68 bits per heavy atom. The summed E-state index contributed by atoms with van der Waals surface area (Å²) in [6, 6.07) is 11.3. The number of amides is 1. The van der Waals surface area contributed by atoms with Crippen molar-refractivity contribution in [2.45, 2.75) is 24.2 Å². The Hall–Kier alpha value is -2.05. The monoisotopic (exact) mass is 379 g/mol. The summed E-state index contributed by atoms with van der Waals surface area (Å²) in [6.45, 7) is 1.54. The fraction of sp³-hybridized carbons (Fsp3) is 0.278. The van der Waals surface area contributed by atoms with Crippen LogP contribution in [0.25, 0.3) is 0 Å². The first kappa shape index (κ1) is 17.8. The number of sulfone groups is 1. The lowest BCUT2D eigenvalue weighted by molar-refractivity contribution is -0.117. The van der Waals surface area contributed by atoms with Crippen LogP contribution in [0, 0.1) is 5.92 Å². The molecule has 2 unspecified atom stereocenters. The van der Waals surface area contributed by atoms with Gasteiger partial charge >= 0.3 is 0 Å². The third-order valence-electron chi connectivity index (χ3n) is 4.40. The van der Waals surface area contributed by atoms with Crippen molar-refractivity contribution in [2.24, 2.45) is 5.92 Å². The first-order valence-corrected chi connectivity index (χ1v) is 9.97. The molecule has 2 aromatic carbocycles. The number of hydrogen-bond acceptors (Lipinski definition) is 4. The van der Waals surface area contributed by atoms with Crippen molar-refractivity contribution in [1.82, 2.24) is 0 Å². The van der Waals surface area contributed by atoms with E-state index >= 15 is 0 Å². The van der Waals surface area contributed by atoms with Crippen LogP contribution in [0.1, 0.15) is 24.8 Å². The highest BCUT2D eigenvalue weighted by Gasteiger charge is 2.45. The van der Waals surface area contributed by atoms with E-state index in [9.17, 15) is 18.3 Å². The van der Waals surface area contributed by atoms with Crippen LogP contribution in [0.5, 0.6) is 5.75 Å². The fourth-order valence-electron chi connectivity index (χ4n) is 2.81. The summed E-state index contributed by atoms with van der Waals surface area (Å²) in [5, 5.41) is 13.2. The van der Waals surface area contributed by atoms with Crippen molar-refractivity contribution in [1.29, 1.82) is 0 Å². The van der Waals surface area contributed by atoms with Gasteiger partial charge in [-0.05, 0) is 42.2 Å². The van der Waals surface area contributed by atoms with Gasteiger partial charge in [-0.15, -0.1) is 0 Å². The van der Waals surface area contributed by atoms with E-state index in [-0.39, 0.29) is 39.8 Å². The zero-order valence-corrected chi connectivity index (χ0v) is 15.1. The predicted octanol–water partition coefficient (Wildman–Crippen LogP) is 3.58. The van der Waals surface area contributed by atoms with Gasteiger partial charge in [0.25, 0.3) is 0 Å². The minimum absolute atomic E-state index is 0.0402. The highest BCUT2D eigenvalue weighted by Crippen LogP contribution is 2.50. The number of nitrogens with one attached hydrogen (secondary N) is 1. The number of benzene rings is 2. The summed E-state index contributed by atoms with van der Waals surface area (Å²) < 4.78 is 23.9. The number of rotatable bonds is 5. The molecule has 3 rings (SSSR count). The summed E-state index contributed by atoms with van der Waals surface area (Å²) in [5.41, 5.74) is 1.03. The van der Waals surface area contributed by atoms with E-state index in [1.807, 2.05) is 18.2 Å². The lowest BCUT2D eigenvalue weighted by Crippen LogP contribution is -2.15. The Balaban J connectivity index is 1.77. The van der Waals surface area contributed by atoms with Gasteiger partial charge in [0.15, 0.2) is 9.84 Å². The van der Waals surface area contributed by atoms with Crippen LogP contribution in [-0.4, -0.2) is 25.2 Å². The van der Waals surface area contributed by atoms with Gasteiger partial charge in [0, 0.05) is 10.9 Å². The van der Waals surface area contributed by atoms with Gasteiger partial charge in [0.1, 0.15) is 5.75 Å². The fourth-order valence-corrected chi connectivity index (χ4v) is 3.99. The molecule has 0 heterocycles. The van der Waals surface area contributed by atoms with E-state index in [1.54, 1.807) is 13.0 Å². The SMILES string of the molecule is CCS(=O)(=O)c1ccc(O)c(NC(=O)C2CC2c2ccccc2Cl)c1. The molecule has 0 radical (unpaired) electrons. The van der Waals surface area contributed by atoms with Gasteiger partial charge in [-0.2, -0.15) is 0 Å². The molecule has 132 valence electrons. The number of carbonyl (C=O) groups is 1. The van der Waals surface area contributed by atoms with Crippen LogP contribution in [0.4, 0.5) is 5.69 Å². The maximum absolute atomic E-state index is 12.4. The van der Waals surface area contributed by atoms with E-state index in [2.05, 4.69) is 5.32 Å². The molecule has 2 aromatic rings. The van der Waals surface area contributed by atoms with Crippen LogP contribution >= 0.6 is 11.6 Å². The summed E-state index contributed by atoms with van der Waals surface area (Å²) in [4.78, 5) is 12.5. The zero-order chi connectivity index (χ0) is 18.2. The van der Waals surface area contributed by atoms with Gasteiger partial charge in [0.05, 0.1) is 16.3 Å². The molecule has 1 saturated carbocycles. The third-order valence-corrected chi connectivity index (χ3v) is 6.47. The van der Waals surface area contributed by atoms with Crippen LogP contribution in [-0.2, 0) is 14.6 Å². The first-order valence-electron chi connectivity index (χ1n) is 7.94. The van der Waals surface area contributed by atoms with Gasteiger partial charge < -0.3 is 10.4 Å². The van der Waals surface area contributed by atoms with E-state index in [4.69, 9.17) is 11.6 Å². The molecule has 1 amide bonds. The molecule has 25 heavy (non-hydrogen) atoms. The largest absolute Gasteiger partial charge is 0.506 e. The van der Waals surface area contributed by atoms with Crippen molar-refractivity contribution in [3.05, 3.63) is 53.1 Å². The van der Waals surface area contributed by atoms with Gasteiger partial charge in [-0.1, -0.05) is 36.7 Å². The third kappa shape index (κ3) is 3.65. The molecular formula is C18H18ClNO4S. The lowest BCUT2D eigenvalue weighted by atomic mass is 10.1. The molecule has 0 spiro atoms. The number of halogens is 1. The second-order valence-electron chi connectivity index (χ2n) is 6.04. The Morgan fingerprint density at radius 2 is 2.00 bits per heavy atom. The normalized spacial score (nSPS) is 19.4. The van der Waals surface area contributed by atoms with Crippen LogP contribution in [0.2, 0.25) is 5.02 Å². The predicted molar refractivity (Wildman–Crippen MR) is 96.8 cm³/mol. The Kier molecular flexibility index (Phi) is 4.75. The Morgan fingerprint density at radius 1 is 1.28 bits per heavy atom. The topological polar surface area (TPSA) is 83.5 Å². The second-order valence-corrected chi connectivity index (χ2v) is 8.73. The Labute approximate surface area is 151 Å². The maximum Gasteiger partial charge on any atom is 0.228 e. The number of carbonyl (C=O) groups excluding carboxylic acids is 1. The Bertz CT molecular complexity index is 926.